The van der Waals surface area contributed by atoms with Crippen molar-refractivity contribution in [3.05, 3.63) is 36.0 Å². The topological polar surface area (TPSA) is 63.5 Å². The van der Waals surface area contributed by atoms with Gasteiger partial charge in [0.2, 0.25) is 0 Å². The molecule has 19 heavy (non-hydrogen) atoms. The molecule has 2 aromatic rings. The quantitative estimate of drug-likeness (QED) is 0.384. The van der Waals surface area contributed by atoms with Crippen LogP contribution in [0.4, 0.5) is 0 Å². The number of hydrogen-bond donors (Lipinski definition) is 2. The van der Waals surface area contributed by atoms with Gasteiger partial charge < -0.3 is 15.5 Å². The van der Waals surface area contributed by atoms with Gasteiger partial charge in [0.1, 0.15) is 0 Å². The zero-order chi connectivity index (χ0) is 13.2. The molecule has 0 unspecified atom stereocenters. The summed E-state index contributed by atoms with van der Waals surface area (Å²) in [5, 5.41) is 13.0. The summed E-state index contributed by atoms with van der Waals surface area (Å²) in [5.41, 5.74) is 7.68. The minimum atomic E-state index is 0.171. The highest BCUT2D eigenvalue weighted by Gasteiger charge is 2.17. The lowest BCUT2D eigenvalue weighted by atomic mass is 10.1. The molecule has 0 atom stereocenters. The van der Waals surface area contributed by atoms with Gasteiger partial charge in [0.05, 0.1) is 0 Å². The summed E-state index contributed by atoms with van der Waals surface area (Å²) in [6.45, 7) is 1.07. The Hall–Kier alpha value is -1.97. The van der Waals surface area contributed by atoms with Crippen molar-refractivity contribution in [3.63, 3.8) is 0 Å². The Balaban J connectivity index is 1.99. The van der Waals surface area contributed by atoms with E-state index in [1.807, 2.05) is 12.1 Å². The van der Waals surface area contributed by atoms with E-state index in [0.717, 1.165) is 28.9 Å². The molecule has 3 rings (SSSR count). The highest BCUT2D eigenvalue weighted by molar-refractivity contribution is 6.08. The third kappa shape index (κ3) is 2.18. The lowest BCUT2D eigenvalue weighted by molar-refractivity contribution is 0.318. The van der Waals surface area contributed by atoms with Crippen molar-refractivity contribution in [3.8, 4) is 0 Å². The predicted molar refractivity (Wildman–Crippen MR) is 76.4 cm³/mol. The van der Waals surface area contributed by atoms with E-state index in [1.54, 1.807) is 0 Å². The first-order chi connectivity index (χ1) is 9.29. The van der Waals surface area contributed by atoms with E-state index in [2.05, 4.69) is 28.1 Å². The van der Waals surface area contributed by atoms with Gasteiger partial charge in [-0.15, -0.1) is 0 Å². The number of amidine groups is 1. The summed E-state index contributed by atoms with van der Waals surface area (Å²) >= 11 is 0. The maximum Gasteiger partial charge on any atom is 0.170 e. The Morgan fingerprint density at radius 3 is 2.84 bits per heavy atom. The molecule has 1 aromatic heterocycles. The fourth-order valence-corrected chi connectivity index (χ4v) is 3.13. The molecule has 1 aromatic carbocycles. The first-order valence-corrected chi connectivity index (χ1v) is 6.85. The minimum Gasteiger partial charge on any atom is -0.409 e. The van der Waals surface area contributed by atoms with Crippen LogP contribution >= 0.6 is 0 Å². The van der Waals surface area contributed by atoms with Gasteiger partial charge in [-0.3, -0.25) is 0 Å². The van der Waals surface area contributed by atoms with Gasteiger partial charge in [0, 0.05) is 29.2 Å². The number of fused-ring (bicyclic) bond motifs is 1. The molecule has 0 spiro atoms. The Morgan fingerprint density at radius 2 is 2.11 bits per heavy atom. The number of nitrogens with two attached hydrogens (primary N) is 1. The van der Waals surface area contributed by atoms with Gasteiger partial charge in [-0.05, 0) is 30.9 Å². The molecule has 0 bridgehead atoms. The molecular formula is C15H19N3O. The van der Waals surface area contributed by atoms with Crippen LogP contribution in [0.2, 0.25) is 0 Å². The van der Waals surface area contributed by atoms with Crippen molar-refractivity contribution in [1.82, 2.24) is 4.57 Å². The van der Waals surface area contributed by atoms with E-state index < -0.39 is 0 Å². The smallest absolute Gasteiger partial charge is 0.170 e. The normalized spacial score (nSPS) is 17.4. The first kappa shape index (κ1) is 12.1. The fraction of sp³-hybridized carbons (Fsp3) is 0.400. The Bertz CT molecular complexity index is 609. The molecule has 0 amide bonds. The van der Waals surface area contributed by atoms with Crippen LogP contribution in [0.15, 0.2) is 35.6 Å². The second-order valence-electron chi connectivity index (χ2n) is 5.34. The Labute approximate surface area is 112 Å². The van der Waals surface area contributed by atoms with Crippen LogP contribution in [0.1, 0.15) is 31.2 Å². The van der Waals surface area contributed by atoms with Crippen molar-refractivity contribution < 1.29 is 5.21 Å². The molecule has 3 N–H and O–H groups in total. The largest absolute Gasteiger partial charge is 0.409 e. The maximum atomic E-state index is 8.84. The minimum absolute atomic E-state index is 0.171. The van der Waals surface area contributed by atoms with Gasteiger partial charge in [-0.25, -0.2) is 0 Å². The van der Waals surface area contributed by atoms with E-state index in [-0.39, 0.29) is 5.84 Å². The van der Waals surface area contributed by atoms with Gasteiger partial charge in [-0.2, -0.15) is 0 Å². The van der Waals surface area contributed by atoms with Crippen molar-refractivity contribution >= 4 is 16.7 Å². The molecule has 1 fully saturated rings. The zero-order valence-corrected chi connectivity index (χ0v) is 10.9. The van der Waals surface area contributed by atoms with Crippen LogP contribution in [0.5, 0.6) is 0 Å². The predicted octanol–water partition coefficient (Wildman–Crippen LogP) is 2.93. The highest BCUT2D eigenvalue weighted by Crippen LogP contribution is 2.28. The molecule has 1 aliphatic carbocycles. The van der Waals surface area contributed by atoms with Crippen LogP contribution in [-0.2, 0) is 6.54 Å². The summed E-state index contributed by atoms with van der Waals surface area (Å²) < 4.78 is 2.29. The summed E-state index contributed by atoms with van der Waals surface area (Å²) in [5.74, 6) is 0.965. The SMILES string of the molecule is N/C(=N/O)c1cccc2c1ccn2CC1CCCC1. The fourth-order valence-electron chi connectivity index (χ4n) is 3.13. The number of aromatic nitrogens is 1. The van der Waals surface area contributed by atoms with E-state index in [1.165, 1.54) is 25.7 Å². The van der Waals surface area contributed by atoms with Crippen LogP contribution in [0.25, 0.3) is 10.9 Å². The van der Waals surface area contributed by atoms with Crippen molar-refractivity contribution in [2.75, 3.05) is 0 Å². The van der Waals surface area contributed by atoms with Crippen molar-refractivity contribution in [2.24, 2.45) is 16.8 Å². The summed E-state index contributed by atoms with van der Waals surface area (Å²) in [6, 6.07) is 7.99. The van der Waals surface area contributed by atoms with Gasteiger partial charge >= 0.3 is 0 Å². The lowest BCUT2D eigenvalue weighted by Crippen LogP contribution is -2.13. The third-order valence-corrected chi connectivity index (χ3v) is 4.13. The average Bonchev–Trinajstić information content (AvgIpc) is 3.08. The van der Waals surface area contributed by atoms with Gasteiger partial charge in [0.25, 0.3) is 0 Å². The van der Waals surface area contributed by atoms with E-state index in [4.69, 9.17) is 10.9 Å². The van der Waals surface area contributed by atoms with Crippen LogP contribution < -0.4 is 5.73 Å². The zero-order valence-electron chi connectivity index (χ0n) is 10.9. The van der Waals surface area contributed by atoms with E-state index in [0.29, 0.717) is 0 Å². The number of rotatable bonds is 3. The second kappa shape index (κ2) is 4.96. The molecule has 4 nitrogen and oxygen atoms in total. The van der Waals surface area contributed by atoms with Crippen LogP contribution in [-0.4, -0.2) is 15.6 Å². The Kier molecular flexibility index (Phi) is 3.15. The summed E-state index contributed by atoms with van der Waals surface area (Å²) in [4.78, 5) is 0. The number of nitrogens with zero attached hydrogens (tertiary/aromatic N) is 2. The van der Waals surface area contributed by atoms with Gasteiger partial charge in [0.15, 0.2) is 5.84 Å². The average molecular weight is 257 g/mol. The standard InChI is InChI=1S/C15H19N3O/c16-15(17-19)13-6-3-7-14-12(13)8-9-18(14)10-11-4-1-2-5-11/h3,6-9,11,19H,1-2,4-5,10H2,(H2,16,17). The lowest BCUT2D eigenvalue weighted by Gasteiger charge is -2.12. The van der Waals surface area contributed by atoms with Crippen molar-refractivity contribution in [2.45, 2.75) is 32.2 Å². The van der Waals surface area contributed by atoms with E-state index >= 15 is 0 Å². The number of benzene rings is 1. The monoisotopic (exact) mass is 257 g/mol. The maximum absolute atomic E-state index is 8.84. The van der Waals surface area contributed by atoms with Crippen molar-refractivity contribution in [1.29, 1.82) is 0 Å². The molecule has 1 aliphatic rings. The molecule has 1 heterocycles. The molecule has 1 saturated carbocycles. The molecule has 0 saturated heterocycles. The molecule has 0 radical (unpaired) electrons. The number of oxime groups is 1. The molecular weight excluding hydrogens is 238 g/mol. The van der Waals surface area contributed by atoms with Crippen LogP contribution in [0.3, 0.4) is 0 Å². The number of hydrogen-bond acceptors (Lipinski definition) is 2. The molecule has 100 valence electrons. The highest BCUT2D eigenvalue weighted by atomic mass is 16.4. The third-order valence-electron chi connectivity index (χ3n) is 4.13. The molecule has 0 aliphatic heterocycles. The Morgan fingerprint density at radius 1 is 1.32 bits per heavy atom. The summed E-state index contributed by atoms with van der Waals surface area (Å²) in [7, 11) is 0. The summed E-state index contributed by atoms with van der Waals surface area (Å²) in [6.07, 6.45) is 7.49. The van der Waals surface area contributed by atoms with Crippen LogP contribution in [0, 0.1) is 5.92 Å². The first-order valence-electron chi connectivity index (χ1n) is 6.85. The van der Waals surface area contributed by atoms with E-state index in [9.17, 15) is 0 Å². The second-order valence-corrected chi connectivity index (χ2v) is 5.34. The molecule has 4 heteroatoms. The van der Waals surface area contributed by atoms with Gasteiger partial charge in [-0.1, -0.05) is 30.1 Å².